The van der Waals surface area contributed by atoms with Gasteiger partial charge in [-0.05, 0) is 48.4 Å². The first-order chi connectivity index (χ1) is 14.0. The zero-order chi connectivity index (χ0) is 20.4. The summed E-state index contributed by atoms with van der Waals surface area (Å²) in [6, 6.07) is 10.4. The number of hydrogen-bond acceptors (Lipinski definition) is 4. The number of carbonyl (C=O) groups excluding carboxylic acids is 2. The van der Waals surface area contributed by atoms with E-state index < -0.39 is 5.82 Å². The van der Waals surface area contributed by atoms with E-state index in [2.05, 4.69) is 20.4 Å². The molecular weight excluding hydrogens is 395 g/mol. The fourth-order valence-corrected chi connectivity index (χ4v) is 3.83. The largest absolute Gasteiger partial charge is 0.369 e. The van der Waals surface area contributed by atoms with Crippen LogP contribution in [0.25, 0.3) is 0 Å². The van der Waals surface area contributed by atoms with Gasteiger partial charge in [-0.1, -0.05) is 11.6 Å². The predicted octanol–water partition coefficient (Wildman–Crippen LogP) is 3.12. The minimum Gasteiger partial charge on any atom is -0.369 e. The molecule has 4 rings (SSSR count). The molecule has 0 aromatic heterocycles. The number of amides is 2. The monoisotopic (exact) mass is 416 g/mol. The number of halogens is 2. The molecule has 29 heavy (non-hydrogen) atoms. The number of aryl methyl sites for hydroxylation is 1. The van der Waals surface area contributed by atoms with Crippen molar-refractivity contribution in [2.24, 2.45) is 0 Å². The summed E-state index contributed by atoms with van der Waals surface area (Å²) in [5.74, 6) is -0.471. The topological polar surface area (TPSA) is 64.7 Å². The highest BCUT2D eigenvalue weighted by molar-refractivity contribution is 6.30. The van der Waals surface area contributed by atoms with Gasteiger partial charge in [-0.2, -0.15) is 0 Å². The molecule has 6 nitrogen and oxygen atoms in total. The Balaban J connectivity index is 1.29. The van der Waals surface area contributed by atoms with Crippen molar-refractivity contribution in [3.63, 3.8) is 0 Å². The molecule has 0 spiro atoms. The molecular formula is C21H22ClFN4O2. The molecule has 152 valence electrons. The van der Waals surface area contributed by atoms with Crippen molar-refractivity contribution in [3.05, 3.63) is 52.8 Å². The van der Waals surface area contributed by atoms with Gasteiger partial charge in [-0.3, -0.25) is 14.5 Å². The first-order valence-corrected chi connectivity index (χ1v) is 10.0. The van der Waals surface area contributed by atoms with Crippen LogP contribution in [-0.4, -0.2) is 49.4 Å². The van der Waals surface area contributed by atoms with E-state index in [1.165, 1.54) is 6.07 Å². The third-order valence-corrected chi connectivity index (χ3v) is 5.60. The van der Waals surface area contributed by atoms with Gasteiger partial charge < -0.3 is 15.5 Å². The molecule has 0 bridgehead atoms. The third kappa shape index (κ3) is 4.68. The van der Waals surface area contributed by atoms with Crippen molar-refractivity contribution in [2.75, 3.05) is 48.3 Å². The molecule has 2 aliphatic heterocycles. The summed E-state index contributed by atoms with van der Waals surface area (Å²) in [5.41, 5.74) is 3.39. The van der Waals surface area contributed by atoms with Crippen molar-refractivity contribution in [3.8, 4) is 0 Å². The molecule has 0 atom stereocenters. The van der Waals surface area contributed by atoms with Crippen LogP contribution in [0, 0.1) is 5.82 Å². The lowest BCUT2D eigenvalue weighted by atomic mass is 10.0. The lowest BCUT2D eigenvalue weighted by molar-refractivity contribution is -0.117. The van der Waals surface area contributed by atoms with Crippen molar-refractivity contribution in [2.45, 2.75) is 12.8 Å². The Morgan fingerprint density at radius 2 is 1.90 bits per heavy atom. The Morgan fingerprint density at radius 1 is 1.10 bits per heavy atom. The van der Waals surface area contributed by atoms with E-state index in [0.717, 1.165) is 22.6 Å². The van der Waals surface area contributed by atoms with Gasteiger partial charge in [0.05, 0.1) is 11.6 Å². The predicted molar refractivity (Wildman–Crippen MR) is 112 cm³/mol. The van der Waals surface area contributed by atoms with Gasteiger partial charge in [-0.15, -0.1) is 0 Å². The van der Waals surface area contributed by atoms with E-state index in [0.29, 0.717) is 45.6 Å². The number of nitrogens with zero attached hydrogens (tertiary/aromatic N) is 2. The lowest BCUT2D eigenvalue weighted by Gasteiger charge is -2.35. The molecule has 0 saturated carbocycles. The van der Waals surface area contributed by atoms with Crippen molar-refractivity contribution in [1.29, 1.82) is 0 Å². The maximum atomic E-state index is 13.7. The SMILES string of the molecule is O=C(CN1CCN(c2ccc(Cl)c(F)c2)CC1)Nc1ccc2c(c1)CCC(=O)N2. The average molecular weight is 417 g/mol. The second-order valence-electron chi connectivity index (χ2n) is 7.33. The zero-order valence-corrected chi connectivity index (χ0v) is 16.6. The first-order valence-electron chi connectivity index (χ1n) is 9.63. The summed E-state index contributed by atoms with van der Waals surface area (Å²) in [5, 5.41) is 5.89. The fourth-order valence-electron chi connectivity index (χ4n) is 3.71. The lowest BCUT2D eigenvalue weighted by Crippen LogP contribution is -2.48. The highest BCUT2D eigenvalue weighted by Crippen LogP contribution is 2.26. The second-order valence-corrected chi connectivity index (χ2v) is 7.74. The number of piperazine rings is 1. The van der Waals surface area contributed by atoms with Crippen molar-refractivity contribution in [1.82, 2.24) is 4.90 Å². The van der Waals surface area contributed by atoms with Gasteiger partial charge in [-0.25, -0.2) is 4.39 Å². The number of nitrogens with one attached hydrogen (secondary N) is 2. The Morgan fingerprint density at radius 3 is 2.66 bits per heavy atom. The molecule has 2 N–H and O–H groups in total. The molecule has 2 aromatic carbocycles. The summed E-state index contributed by atoms with van der Waals surface area (Å²) in [6.45, 7) is 3.16. The van der Waals surface area contributed by atoms with Gasteiger partial charge in [0.1, 0.15) is 5.82 Å². The molecule has 2 heterocycles. The number of carbonyl (C=O) groups is 2. The quantitative estimate of drug-likeness (QED) is 0.803. The average Bonchev–Trinajstić information content (AvgIpc) is 2.71. The highest BCUT2D eigenvalue weighted by atomic mass is 35.5. The van der Waals surface area contributed by atoms with Crippen molar-refractivity contribution < 1.29 is 14.0 Å². The first kappa shape index (κ1) is 19.7. The van der Waals surface area contributed by atoms with Crippen LogP contribution >= 0.6 is 11.6 Å². The van der Waals surface area contributed by atoms with Gasteiger partial charge in [0.15, 0.2) is 0 Å². The summed E-state index contributed by atoms with van der Waals surface area (Å²) in [4.78, 5) is 28.0. The van der Waals surface area contributed by atoms with Crippen LogP contribution in [-0.2, 0) is 16.0 Å². The van der Waals surface area contributed by atoms with Gasteiger partial charge in [0, 0.05) is 49.7 Å². The number of fused-ring (bicyclic) bond motifs is 1. The van der Waals surface area contributed by atoms with Crippen LogP contribution < -0.4 is 15.5 Å². The van der Waals surface area contributed by atoms with E-state index in [1.54, 1.807) is 12.1 Å². The fraction of sp³-hybridized carbons (Fsp3) is 0.333. The van der Waals surface area contributed by atoms with Crippen LogP contribution in [0.2, 0.25) is 5.02 Å². The molecule has 1 fully saturated rings. The van der Waals surface area contributed by atoms with Crippen LogP contribution in [0.15, 0.2) is 36.4 Å². The van der Waals surface area contributed by atoms with Crippen LogP contribution in [0.4, 0.5) is 21.5 Å². The van der Waals surface area contributed by atoms with E-state index in [9.17, 15) is 14.0 Å². The number of benzene rings is 2. The molecule has 2 aliphatic rings. The summed E-state index contributed by atoms with van der Waals surface area (Å²) in [7, 11) is 0. The summed E-state index contributed by atoms with van der Waals surface area (Å²) >= 11 is 5.75. The third-order valence-electron chi connectivity index (χ3n) is 5.29. The summed E-state index contributed by atoms with van der Waals surface area (Å²) in [6.07, 6.45) is 1.14. The van der Waals surface area contributed by atoms with E-state index in [4.69, 9.17) is 11.6 Å². The second kappa shape index (κ2) is 8.39. The number of rotatable bonds is 4. The standard InChI is InChI=1S/C21H22ClFN4O2/c22-17-4-3-16(12-18(17)23)27-9-7-26(8-10-27)13-21(29)24-15-2-5-19-14(11-15)1-6-20(28)25-19/h2-5,11-12H,1,6-10,13H2,(H,24,29)(H,25,28). The van der Waals surface area contributed by atoms with Gasteiger partial charge in [0.2, 0.25) is 11.8 Å². The molecule has 0 radical (unpaired) electrons. The van der Waals surface area contributed by atoms with Crippen molar-refractivity contribution >= 4 is 40.5 Å². The highest BCUT2D eigenvalue weighted by Gasteiger charge is 2.20. The van der Waals surface area contributed by atoms with E-state index in [1.807, 2.05) is 18.2 Å². The van der Waals surface area contributed by atoms with E-state index >= 15 is 0 Å². The van der Waals surface area contributed by atoms with Crippen LogP contribution in [0.3, 0.4) is 0 Å². The zero-order valence-electron chi connectivity index (χ0n) is 15.9. The Kier molecular flexibility index (Phi) is 5.69. The number of hydrogen-bond donors (Lipinski definition) is 2. The molecule has 2 aromatic rings. The maximum Gasteiger partial charge on any atom is 0.238 e. The maximum absolute atomic E-state index is 13.7. The molecule has 0 aliphatic carbocycles. The molecule has 0 unspecified atom stereocenters. The van der Waals surface area contributed by atoms with Crippen LogP contribution in [0.1, 0.15) is 12.0 Å². The normalized spacial score (nSPS) is 16.9. The van der Waals surface area contributed by atoms with E-state index in [-0.39, 0.29) is 16.8 Å². The Hall–Kier alpha value is -2.64. The molecule has 8 heteroatoms. The minimum absolute atomic E-state index is 0.0229. The van der Waals surface area contributed by atoms with Crippen LogP contribution in [0.5, 0.6) is 0 Å². The minimum atomic E-state index is -0.421. The van der Waals surface area contributed by atoms with Gasteiger partial charge >= 0.3 is 0 Å². The number of anilines is 3. The summed E-state index contributed by atoms with van der Waals surface area (Å²) < 4.78 is 13.7. The molecule has 2 amide bonds. The Labute approximate surface area is 173 Å². The Bertz CT molecular complexity index is 944. The smallest absolute Gasteiger partial charge is 0.238 e. The van der Waals surface area contributed by atoms with Gasteiger partial charge in [0.25, 0.3) is 0 Å². The molecule has 1 saturated heterocycles.